The summed E-state index contributed by atoms with van der Waals surface area (Å²) in [5.74, 6) is -0.618. The van der Waals surface area contributed by atoms with Gasteiger partial charge in [-0.2, -0.15) is 0 Å². The summed E-state index contributed by atoms with van der Waals surface area (Å²) in [6.45, 7) is 1.60. The van der Waals surface area contributed by atoms with Gasteiger partial charge >= 0.3 is 6.03 Å². The van der Waals surface area contributed by atoms with E-state index in [1.54, 1.807) is 16.7 Å². The number of halogens is 2. The number of anilines is 1. The SMILES string of the molecule is O=C(Nc1ccc(F)cc1F)N1CCC2(CC1)SCCN2C(=O)c1ccccc1. The van der Waals surface area contributed by atoms with E-state index in [2.05, 4.69) is 5.32 Å². The molecule has 0 atom stereocenters. The molecule has 0 radical (unpaired) electrons. The van der Waals surface area contributed by atoms with Crippen LogP contribution in [0.4, 0.5) is 19.3 Å². The molecule has 2 aliphatic heterocycles. The van der Waals surface area contributed by atoms with E-state index < -0.39 is 17.7 Å². The Kier molecular flexibility index (Phi) is 5.45. The zero-order valence-corrected chi connectivity index (χ0v) is 16.6. The van der Waals surface area contributed by atoms with Gasteiger partial charge in [-0.15, -0.1) is 11.8 Å². The fraction of sp³-hybridized carbons (Fsp3) is 0.333. The maximum atomic E-state index is 13.8. The predicted octanol–water partition coefficient (Wildman–Crippen LogP) is 4.18. The molecule has 2 aliphatic rings. The standard InChI is InChI=1S/C21H21F2N3O2S/c22-16-6-7-18(17(23)14-16)24-20(28)25-10-8-21(9-11-25)26(12-13-29-21)19(27)15-4-2-1-3-5-15/h1-7,14H,8-13H2,(H,24,28). The number of likely N-dealkylation sites (tertiary alicyclic amines) is 1. The third kappa shape index (κ3) is 3.94. The number of amides is 3. The first kappa shape index (κ1) is 19.7. The van der Waals surface area contributed by atoms with E-state index in [-0.39, 0.29) is 16.5 Å². The molecule has 152 valence electrons. The van der Waals surface area contributed by atoms with Gasteiger partial charge in [0.05, 0.1) is 10.6 Å². The number of hydrogen-bond acceptors (Lipinski definition) is 3. The topological polar surface area (TPSA) is 52.7 Å². The van der Waals surface area contributed by atoms with Gasteiger partial charge in [0.15, 0.2) is 0 Å². The van der Waals surface area contributed by atoms with Crippen LogP contribution >= 0.6 is 11.8 Å². The van der Waals surface area contributed by atoms with Crippen LogP contribution in [-0.4, -0.2) is 52.0 Å². The predicted molar refractivity (Wildman–Crippen MR) is 109 cm³/mol. The largest absolute Gasteiger partial charge is 0.324 e. The van der Waals surface area contributed by atoms with Crippen molar-refractivity contribution in [2.75, 3.05) is 30.7 Å². The Bertz CT molecular complexity index is 917. The van der Waals surface area contributed by atoms with Crippen LogP contribution in [0.2, 0.25) is 0 Å². The van der Waals surface area contributed by atoms with E-state index in [1.165, 1.54) is 6.07 Å². The molecule has 29 heavy (non-hydrogen) atoms. The minimum atomic E-state index is -0.808. The van der Waals surface area contributed by atoms with Crippen molar-refractivity contribution in [1.82, 2.24) is 9.80 Å². The molecule has 8 heteroatoms. The molecular formula is C21H21F2N3O2S. The Morgan fingerprint density at radius 2 is 1.72 bits per heavy atom. The minimum Gasteiger partial charge on any atom is -0.324 e. The molecule has 4 rings (SSSR count). The number of thioether (sulfide) groups is 1. The molecule has 0 aromatic heterocycles. The molecule has 0 saturated carbocycles. The Balaban J connectivity index is 1.41. The van der Waals surface area contributed by atoms with Gasteiger partial charge in [0, 0.05) is 37.0 Å². The minimum absolute atomic E-state index is 0.0156. The van der Waals surface area contributed by atoms with Gasteiger partial charge in [0.2, 0.25) is 0 Å². The first-order chi connectivity index (χ1) is 14.0. The number of hydrogen-bond donors (Lipinski definition) is 1. The molecule has 2 aromatic carbocycles. The second kappa shape index (κ2) is 8.02. The van der Waals surface area contributed by atoms with Crippen LogP contribution in [-0.2, 0) is 0 Å². The summed E-state index contributed by atoms with van der Waals surface area (Å²) >= 11 is 1.76. The highest BCUT2D eigenvalue weighted by molar-refractivity contribution is 8.00. The second-order valence-electron chi connectivity index (χ2n) is 7.16. The highest BCUT2D eigenvalue weighted by Gasteiger charge is 2.47. The first-order valence-electron chi connectivity index (χ1n) is 9.50. The average Bonchev–Trinajstić information content (AvgIpc) is 3.13. The summed E-state index contributed by atoms with van der Waals surface area (Å²) in [6.07, 6.45) is 1.30. The number of carbonyl (C=O) groups excluding carboxylic acids is 2. The first-order valence-corrected chi connectivity index (χ1v) is 10.5. The molecule has 2 fully saturated rings. The lowest BCUT2D eigenvalue weighted by molar-refractivity contribution is 0.0585. The average molecular weight is 417 g/mol. The van der Waals surface area contributed by atoms with Crippen molar-refractivity contribution in [3.05, 3.63) is 65.7 Å². The summed E-state index contributed by atoms with van der Waals surface area (Å²) in [5.41, 5.74) is 0.620. The van der Waals surface area contributed by atoms with Crippen molar-refractivity contribution < 1.29 is 18.4 Å². The quantitative estimate of drug-likeness (QED) is 0.798. The number of nitrogens with one attached hydrogen (secondary N) is 1. The van der Waals surface area contributed by atoms with E-state index in [4.69, 9.17) is 0 Å². The molecule has 2 heterocycles. The van der Waals surface area contributed by atoms with Gasteiger partial charge in [-0.1, -0.05) is 18.2 Å². The molecular weight excluding hydrogens is 396 g/mol. The van der Waals surface area contributed by atoms with Gasteiger partial charge in [-0.05, 0) is 37.1 Å². The number of piperidine rings is 1. The molecule has 1 N–H and O–H groups in total. The van der Waals surface area contributed by atoms with Gasteiger partial charge in [0.1, 0.15) is 11.6 Å². The highest BCUT2D eigenvalue weighted by Crippen LogP contribution is 2.44. The summed E-state index contributed by atoms with van der Waals surface area (Å²) in [4.78, 5) is 28.7. The Morgan fingerprint density at radius 1 is 1.00 bits per heavy atom. The van der Waals surface area contributed by atoms with Gasteiger partial charge < -0.3 is 15.1 Å². The summed E-state index contributed by atoms with van der Waals surface area (Å²) in [5, 5.41) is 2.50. The Labute approximate surface area is 172 Å². The van der Waals surface area contributed by atoms with Gasteiger partial charge in [0.25, 0.3) is 5.91 Å². The molecule has 2 aromatic rings. The zero-order chi connectivity index (χ0) is 20.4. The van der Waals surface area contributed by atoms with E-state index in [0.717, 1.165) is 17.9 Å². The van der Waals surface area contributed by atoms with Crippen molar-refractivity contribution in [3.8, 4) is 0 Å². The van der Waals surface area contributed by atoms with Crippen LogP contribution < -0.4 is 5.32 Å². The summed E-state index contributed by atoms with van der Waals surface area (Å²) in [7, 11) is 0. The lowest BCUT2D eigenvalue weighted by Crippen LogP contribution is -2.54. The fourth-order valence-electron chi connectivity index (χ4n) is 3.89. The monoisotopic (exact) mass is 417 g/mol. The highest BCUT2D eigenvalue weighted by atomic mass is 32.2. The molecule has 0 aliphatic carbocycles. The maximum absolute atomic E-state index is 13.8. The van der Waals surface area contributed by atoms with Crippen molar-refractivity contribution in [2.45, 2.75) is 17.7 Å². The molecule has 0 bridgehead atoms. The molecule has 0 unspecified atom stereocenters. The number of carbonyl (C=O) groups is 2. The number of nitrogens with zero attached hydrogens (tertiary/aromatic N) is 2. The van der Waals surface area contributed by atoms with E-state index >= 15 is 0 Å². The molecule has 3 amide bonds. The van der Waals surface area contributed by atoms with E-state index in [9.17, 15) is 18.4 Å². The third-order valence-corrected chi connectivity index (χ3v) is 7.00. The zero-order valence-electron chi connectivity index (χ0n) is 15.7. The maximum Gasteiger partial charge on any atom is 0.321 e. The van der Waals surface area contributed by atoms with Crippen LogP contribution in [0.25, 0.3) is 0 Å². The normalized spacial score (nSPS) is 18.1. The smallest absolute Gasteiger partial charge is 0.321 e. The Hall–Kier alpha value is -2.61. The Morgan fingerprint density at radius 3 is 2.41 bits per heavy atom. The third-order valence-electron chi connectivity index (χ3n) is 5.45. The van der Waals surface area contributed by atoms with Crippen LogP contribution in [0.3, 0.4) is 0 Å². The van der Waals surface area contributed by atoms with Crippen LogP contribution in [0.1, 0.15) is 23.2 Å². The molecule has 1 spiro atoms. The molecule has 2 saturated heterocycles. The van der Waals surface area contributed by atoms with Gasteiger partial charge in [-0.3, -0.25) is 4.79 Å². The van der Waals surface area contributed by atoms with Crippen LogP contribution in [0.15, 0.2) is 48.5 Å². The van der Waals surface area contributed by atoms with Crippen LogP contribution in [0.5, 0.6) is 0 Å². The van der Waals surface area contributed by atoms with Crippen molar-refractivity contribution in [3.63, 3.8) is 0 Å². The van der Waals surface area contributed by atoms with Crippen molar-refractivity contribution in [2.24, 2.45) is 0 Å². The summed E-state index contributed by atoms with van der Waals surface area (Å²) < 4.78 is 26.8. The molecule has 5 nitrogen and oxygen atoms in total. The second-order valence-corrected chi connectivity index (χ2v) is 8.62. The van der Waals surface area contributed by atoms with Gasteiger partial charge in [-0.25, -0.2) is 13.6 Å². The van der Waals surface area contributed by atoms with E-state index in [1.807, 2.05) is 35.2 Å². The van der Waals surface area contributed by atoms with E-state index in [0.29, 0.717) is 38.0 Å². The number of urea groups is 1. The number of benzene rings is 2. The van der Waals surface area contributed by atoms with Crippen LogP contribution in [0, 0.1) is 11.6 Å². The number of rotatable bonds is 2. The fourth-order valence-corrected chi connectivity index (χ4v) is 5.35. The van der Waals surface area contributed by atoms with Crippen molar-refractivity contribution >= 4 is 29.4 Å². The summed E-state index contributed by atoms with van der Waals surface area (Å²) in [6, 6.07) is 11.9. The lowest BCUT2D eigenvalue weighted by atomic mass is 10.0. The van der Waals surface area contributed by atoms with Crippen molar-refractivity contribution in [1.29, 1.82) is 0 Å². The lowest BCUT2D eigenvalue weighted by Gasteiger charge is -2.44.